The second-order valence-corrected chi connectivity index (χ2v) is 8.34. The molecule has 0 saturated carbocycles. The molecule has 7 nitrogen and oxygen atoms in total. The van der Waals surface area contributed by atoms with Gasteiger partial charge in [-0.25, -0.2) is 14.5 Å². The first-order chi connectivity index (χ1) is 14.4. The summed E-state index contributed by atoms with van der Waals surface area (Å²) in [7, 11) is 1.54. The van der Waals surface area contributed by atoms with Crippen LogP contribution in [-0.4, -0.2) is 55.7 Å². The summed E-state index contributed by atoms with van der Waals surface area (Å²) in [5, 5.41) is 0.888. The summed E-state index contributed by atoms with van der Waals surface area (Å²) in [6.07, 6.45) is 3.82. The molecule has 2 aliphatic rings. The highest BCUT2D eigenvalue weighted by Gasteiger charge is 2.62. The maximum Gasteiger partial charge on any atom is 0.422 e. The van der Waals surface area contributed by atoms with Gasteiger partial charge < -0.3 is 18.9 Å². The first kappa shape index (κ1) is 23.1. The van der Waals surface area contributed by atoms with Gasteiger partial charge in [-0.3, -0.25) is 0 Å². The number of likely N-dealkylation sites (tertiary alicyclic amines) is 1. The summed E-state index contributed by atoms with van der Waals surface area (Å²) in [5.74, 6) is -2.89. The zero-order valence-corrected chi connectivity index (χ0v) is 18.7. The fourth-order valence-corrected chi connectivity index (χ4v) is 4.36. The lowest BCUT2D eigenvalue weighted by atomic mass is 9.87. The molecule has 3 rings (SSSR count). The third-order valence-corrected chi connectivity index (χ3v) is 6.32. The fourth-order valence-electron chi connectivity index (χ4n) is 4.07. The number of rotatable bonds is 9. The number of carbonyl (C=O) groups is 2. The van der Waals surface area contributed by atoms with Crippen LogP contribution in [0.2, 0.25) is 10.0 Å². The monoisotopic (exact) mass is 459 g/mol. The Morgan fingerprint density at radius 3 is 2.53 bits per heavy atom. The highest BCUT2D eigenvalue weighted by Crippen LogP contribution is 2.41. The number of halogens is 2. The van der Waals surface area contributed by atoms with E-state index in [0.717, 1.165) is 25.7 Å². The van der Waals surface area contributed by atoms with E-state index in [1.54, 1.807) is 18.2 Å². The number of carbonyl (C=O) groups excluding carboxylic acids is 2. The number of hydrogen-bond acceptors (Lipinski definition) is 7. The van der Waals surface area contributed by atoms with Crippen molar-refractivity contribution < 1.29 is 28.5 Å². The average Bonchev–Trinajstić information content (AvgIpc) is 3.01. The molecule has 0 aliphatic carbocycles. The largest absolute Gasteiger partial charge is 0.494 e. The van der Waals surface area contributed by atoms with Crippen LogP contribution in [-0.2, 0) is 23.8 Å². The van der Waals surface area contributed by atoms with Gasteiger partial charge in [-0.15, -0.1) is 0 Å². The summed E-state index contributed by atoms with van der Waals surface area (Å²) in [5.41, 5.74) is 0. The Morgan fingerprint density at radius 1 is 1.17 bits per heavy atom. The molecule has 0 amide bonds. The molecule has 30 heavy (non-hydrogen) atoms. The van der Waals surface area contributed by atoms with Crippen LogP contribution in [0.4, 0.5) is 0 Å². The Hall–Kier alpha value is -1.54. The van der Waals surface area contributed by atoms with Gasteiger partial charge in [0.05, 0.1) is 16.7 Å². The summed E-state index contributed by atoms with van der Waals surface area (Å²) >= 11 is 12.0. The van der Waals surface area contributed by atoms with Gasteiger partial charge in [0.15, 0.2) is 6.10 Å². The minimum atomic E-state index is -1.51. The third-order valence-electron chi connectivity index (χ3n) is 5.58. The maximum absolute atomic E-state index is 11.9. The van der Waals surface area contributed by atoms with Crippen LogP contribution in [0.5, 0.6) is 5.75 Å². The predicted octanol–water partition coefficient (Wildman–Crippen LogP) is 4.04. The smallest absolute Gasteiger partial charge is 0.422 e. The van der Waals surface area contributed by atoms with Crippen LogP contribution in [0.3, 0.4) is 0 Å². The highest BCUT2D eigenvalue weighted by atomic mass is 35.5. The highest BCUT2D eigenvalue weighted by molar-refractivity contribution is 6.42. The predicted molar refractivity (Wildman–Crippen MR) is 111 cm³/mol. The number of ether oxygens (including phenoxy) is 4. The minimum Gasteiger partial charge on any atom is -0.494 e. The number of esters is 2. The molecule has 0 radical (unpaired) electrons. The van der Waals surface area contributed by atoms with E-state index in [-0.39, 0.29) is 5.92 Å². The van der Waals surface area contributed by atoms with Gasteiger partial charge in [0, 0.05) is 26.3 Å². The Balaban J connectivity index is 1.69. The van der Waals surface area contributed by atoms with E-state index >= 15 is 0 Å². The van der Waals surface area contributed by atoms with Crippen LogP contribution < -0.4 is 4.74 Å². The average molecular weight is 460 g/mol. The van der Waals surface area contributed by atoms with Gasteiger partial charge in [0.2, 0.25) is 0 Å². The summed E-state index contributed by atoms with van der Waals surface area (Å²) in [6, 6.07) is 5.09. The number of unbranched alkanes of at least 4 members (excludes halogenated alkanes) is 2. The molecule has 2 saturated heterocycles. The number of hydrogen-bond donors (Lipinski definition) is 0. The van der Waals surface area contributed by atoms with Crippen molar-refractivity contribution in [3.05, 3.63) is 28.2 Å². The third kappa shape index (κ3) is 4.85. The first-order valence-electron chi connectivity index (χ1n) is 10.2. The van der Waals surface area contributed by atoms with Gasteiger partial charge in [-0.2, -0.15) is 0 Å². The summed E-state index contributed by atoms with van der Waals surface area (Å²) < 4.78 is 22.5. The first-order valence-corrected chi connectivity index (χ1v) is 11.0. The van der Waals surface area contributed by atoms with Crippen LogP contribution in [0.25, 0.3) is 0 Å². The Bertz CT molecular complexity index is 758. The Labute approximate surface area is 186 Å². The van der Waals surface area contributed by atoms with E-state index < -0.39 is 24.0 Å². The van der Waals surface area contributed by atoms with Crippen molar-refractivity contribution >= 4 is 35.1 Å². The van der Waals surface area contributed by atoms with Crippen LogP contribution in [0.1, 0.15) is 39.0 Å². The van der Waals surface area contributed by atoms with Gasteiger partial charge >= 0.3 is 17.8 Å². The second-order valence-electron chi connectivity index (χ2n) is 7.52. The van der Waals surface area contributed by atoms with Crippen LogP contribution >= 0.6 is 23.2 Å². The molecule has 2 aliphatic heterocycles. The molecule has 166 valence electrons. The van der Waals surface area contributed by atoms with Gasteiger partial charge in [-0.05, 0) is 37.3 Å². The lowest BCUT2D eigenvalue weighted by molar-refractivity contribution is -0.322. The molecule has 1 aromatic rings. The van der Waals surface area contributed by atoms with Gasteiger partial charge in [-0.1, -0.05) is 43.0 Å². The number of nitrogens with zero attached hydrogens (tertiary/aromatic N) is 1. The van der Waals surface area contributed by atoms with Crippen LogP contribution in [0.15, 0.2) is 18.2 Å². The normalized spacial score (nSPS) is 23.5. The standard InChI is InChI=1S/C21H27Cl2NO6/c1-3-4-5-10-24-11-8-14(9-12-28-15-6-7-16(22)17(23)13-15)18(27-2)21(24)29-19(25)20(26)30-21/h6-7,13-14,18H,3-5,8-12H2,1-2H3/t14-,18-/m1/s1. The quantitative estimate of drug-likeness (QED) is 0.313. The molecule has 2 fully saturated rings. The molecule has 1 spiro atoms. The number of methoxy groups -OCH3 is 1. The van der Waals surface area contributed by atoms with E-state index in [4.69, 9.17) is 42.1 Å². The molecule has 2 heterocycles. The molecular weight excluding hydrogens is 433 g/mol. The van der Waals surface area contributed by atoms with Crippen molar-refractivity contribution in [2.24, 2.45) is 5.92 Å². The van der Waals surface area contributed by atoms with Crippen molar-refractivity contribution in [1.29, 1.82) is 0 Å². The zero-order valence-electron chi connectivity index (χ0n) is 17.2. The fraction of sp³-hybridized carbons (Fsp3) is 0.619. The maximum atomic E-state index is 11.9. The topological polar surface area (TPSA) is 74.3 Å². The molecule has 2 atom stereocenters. The van der Waals surface area contributed by atoms with E-state index in [2.05, 4.69) is 6.92 Å². The SMILES string of the molecule is CCCCCN1CC[C@H](CCOc2ccc(Cl)c(Cl)c2)[C@@H](OC)C12OC(=O)C(=O)O2. The molecule has 1 aromatic carbocycles. The zero-order chi connectivity index (χ0) is 21.7. The summed E-state index contributed by atoms with van der Waals surface area (Å²) in [6.45, 7) is 3.79. The van der Waals surface area contributed by atoms with E-state index in [9.17, 15) is 9.59 Å². The van der Waals surface area contributed by atoms with E-state index in [1.165, 1.54) is 7.11 Å². The van der Waals surface area contributed by atoms with Crippen LogP contribution in [0, 0.1) is 5.92 Å². The second kappa shape index (κ2) is 10.2. The Morgan fingerprint density at radius 2 is 1.90 bits per heavy atom. The van der Waals surface area contributed by atoms with Crippen molar-refractivity contribution in [3.8, 4) is 5.75 Å². The molecule has 0 bridgehead atoms. The van der Waals surface area contributed by atoms with E-state index in [0.29, 0.717) is 41.9 Å². The van der Waals surface area contributed by atoms with Crippen molar-refractivity contribution in [3.63, 3.8) is 0 Å². The lowest BCUT2D eigenvalue weighted by Gasteiger charge is -2.48. The van der Waals surface area contributed by atoms with E-state index in [1.807, 2.05) is 4.90 Å². The molecule has 9 heteroatoms. The molecule has 0 aromatic heterocycles. The summed E-state index contributed by atoms with van der Waals surface area (Å²) in [4.78, 5) is 25.8. The van der Waals surface area contributed by atoms with Gasteiger partial charge in [0.1, 0.15) is 5.75 Å². The molecule has 0 N–H and O–H groups in total. The van der Waals surface area contributed by atoms with Gasteiger partial charge in [0.25, 0.3) is 0 Å². The number of piperidine rings is 1. The Kier molecular flexibility index (Phi) is 7.85. The van der Waals surface area contributed by atoms with Crippen molar-refractivity contribution in [2.45, 2.75) is 51.0 Å². The minimum absolute atomic E-state index is 0.0288. The van der Waals surface area contributed by atoms with Crippen molar-refractivity contribution in [1.82, 2.24) is 4.90 Å². The van der Waals surface area contributed by atoms with Crippen molar-refractivity contribution in [2.75, 3.05) is 26.8 Å². The molecular formula is C21H27Cl2NO6. The molecule has 0 unspecified atom stereocenters. The number of benzene rings is 1. The lowest BCUT2D eigenvalue weighted by Crippen LogP contribution is -2.65.